The molecule has 3 heterocycles. The number of hydrogen-bond donors (Lipinski definition) is 1. The third kappa shape index (κ3) is 7.46. The second kappa shape index (κ2) is 15.8. The number of carbonyl (C=O) groups excluding carboxylic acids is 1. The van der Waals surface area contributed by atoms with Gasteiger partial charge in [0, 0.05) is 75.1 Å². The van der Waals surface area contributed by atoms with Crippen LogP contribution in [0.4, 0.5) is 11.4 Å². The highest BCUT2D eigenvalue weighted by Crippen LogP contribution is 2.39. The van der Waals surface area contributed by atoms with Crippen molar-refractivity contribution in [3.05, 3.63) is 64.7 Å². The van der Waals surface area contributed by atoms with Gasteiger partial charge in [0.05, 0.1) is 17.3 Å². The van der Waals surface area contributed by atoms with E-state index in [1.165, 1.54) is 42.3 Å². The Morgan fingerprint density at radius 2 is 1.75 bits per heavy atom. The van der Waals surface area contributed by atoms with Gasteiger partial charge >= 0.3 is 0 Å². The van der Waals surface area contributed by atoms with Crippen LogP contribution in [0.1, 0.15) is 44.7 Å². The van der Waals surface area contributed by atoms with Crippen LogP contribution in [-0.4, -0.2) is 80.9 Å². The molecule has 234 valence electrons. The molecule has 3 aliphatic heterocycles. The molecule has 1 N–H and O–H groups in total. The largest absolute Gasteiger partial charge is 0.492 e. The molecule has 0 unspecified atom stereocenters. The van der Waals surface area contributed by atoms with Crippen LogP contribution in [-0.2, 0) is 17.8 Å². The minimum atomic E-state index is -0.209. The first-order valence-electron chi connectivity index (χ1n) is 15.7. The minimum Gasteiger partial charge on any atom is -0.492 e. The first-order chi connectivity index (χ1) is 21.4. The summed E-state index contributed by atoms with van der Waals surface area (Å²) in [5, 5.41) is 17.7. The van der Waals surface area contributed by atoms with E-state index in [1.54, 1.807) is 11.0 Å². The number of carbonyl (C=O) groups is 1. The molecule has 0 bridgehead atoms. The molecular weight excluding hydrogens is 572 g/mol. The van der Waals surface area contributed by atoms with Crippen molar-refractivity contribution >= 4 is 45.9 Å². The normalized spacial score (nSPS) is 17.9. The number of piperazine rings is 1. The van der Waals surface area contributed by atoms with E-state index in [-0.39, 0.29) is 5.91 Å². The predicted molar refractivity (Wildman–Crippen MR) is 182 cm³/mol. The maximum absolute atomic E-state index is 12.0. The summed E-state index contributed by atoms with van der Waals surface area (Å²) in [6.45, 7) is 11.7. The zero-order valence-electron chi connectivity index (χ0n) is 26.5. The lowest BCUT2D eigenvalue weighted by atomic mass is 9.95. The van der Waals surface area contributed by atoms with Gasteiger partial charge in [-0.25, -0.2) is 0 Å². The Morgan fingerprint density at radius 3 is 2.41 bits per heavy atom. The summed E-state index contributed by atoms with van der Waals surface area (Å²) < 4.78 is 6.46. The van der Waals surface area contributed by atoms with E-state index in [2.05, 4.69) is 58.1 Å². The number of hydrogen-bond acceptors (Lipinski definition) is 7. The van der Waals surface area contributed by atoms with Gasteiger partial charge in [0.1, 0.15) is 12.4 Å². The number of halogens is 1. The summed E-state index contributed by atoms with van der Waals surface area (Å²) >= 11 is 6.69. The number of anilines is 2. The van der Waals surface area contributed by atoms with Crippen LogP contribution in [0.15, 0.2) is 48.5 Å². The number of ether oxygens (including phenoxy) is 1. The zero-order chi connectivity index (χ0) is 31.6. The van der Waals surface area contributed by atoms with Gasteiger partial charge in [-0.1, -0.05) is 49.7 Å². The molecular formula is C35H45ClN6O2. The molecule has 0 spiro atoms. The van der Waals surface area contributed by atoms with Gasteiger partial charge in [0.2, 0.25) is 0 Å². The van der Waals surface area contributed by atoms with Crippen LogP contribution in [0.2, 0.25) is 5.02 Å². The molecule has 2 fully saturated rings. The number of likely N-dealkylation sites (N-methyl/N-ethyl adjacent to an activating group) is 1. The molecule has 0 aliphatic carbocycles. The minimum absolute atomic E-state index is 0.209. The average Bonchev–Trinajstić information content (AvgIpc) is 3.48. The van der Waals surface area contributed by atoms with Gasteiger partial charge < -0.3 is 29.7 Å². The highest BCUT2D eigenvalue weighted by Gasteiger charge is 2.28. The standard InChI is InChI=1S/C31H36ClN5O2.C2H3N.C2H6/c1-34-11-4-7-24(34)21-39-25-17-23-20-37(28-9-3-6-22-5-2-8-27(32)31(22)28)12-10-26(23)29(18-25)35-13-15-36(16-14-35)30(38)19-33;1-2-3;1-2/h2-3,5-6,8-9,17-19,24,33H,4,7,10-16,20-21H2,1H3;1H3;1-2H3/t24-;;/m1../s1. The summed E-state index contributed by atoms with van der Waals surface area (Å²) in [6, 6.07) is 19.2. The number of nitriles is 1. The van der Waals surface area contributed by atoms with Crippen molar-refractivity contribution in [2.24, 2.45) is 0 Å². The van der Waals surface area contributed by atoms with Gasteiger partial charge in [0.25, 0.3) is 5.91 Å². The van der Waals surface area contributed by atoms with Crippen molar-refractivity contribution in [3.8, 4) is 11.8 Å². The number of benzene rings is 3. The van der Waals surface area contributed by atoms with Crippen molar-refractivity contribution in [3.63, 3.8) is 0 Å². The fourth-order valence-electron chi connectivity index (χ4n) is 6.40. The summed E-state index contributed by atoms with van der Waals surface area (Å²) in [6.07, 6.45) is 4.24. The van der Waals surface area contributed by atoms with Gasteiger partial charge in [-0.05, 0) is 67.6 Å². The lowest BCUT2D eigenvalue weighted by molar-refractivity contribution is -0.123. The molecule has 8 nitrogen and oxygen atoms in total. The monoisotopic (exact) mass is 616 g/mol. The van der Waals surface area contributed by atoms with Gasteiger partial charge in [0.15, 0.2) is 0 Å². The SMILES string of the molecule is CC.CC#N.CN1CCC[C@@H]1COc1cc2c(c(N3CCN(C(=O)C=N)CC3)c1)CCN(c1cccc3cccc(Cl)c13)C2. The van der Waals surface area contributed by atoms with E-state index in [9.17, 15) is 4.79 Å². The van der Waals surface area contributed by atoms with Crippen LogP contribution >= 0.6 is 11.6 Å². The molecule has 9 heteroatoms. The number of likely N-dealkylation sites (tertiary alicyclic amines) is 1. The molecule has 2 saturated heterocycles. The second-order valence-electron chi connectivity index (χ2n) is 11.1. The first-order valence-corrected chi connectivity index (χ1v) is 16.1. The van der Waals surface area contributed by atoms with E-state index in [4.69, 9.17) is 27.0 Å². The molecule has 0 radical (unpaired) electrons. The number of fused-ring (bicyclic) bond motifs is 2. The van der Waals surface area contributed by atoms with Crippen LogP contribution in [0.25, 0.3) is 10.8 Å². The van der Waals surface area contributed by atoms with Gasteiger partial charge in [-0.2, -0.15) is 5.26 Å². The second-order valence-corrected chi connectivity index (χ2v) is 11.5. The van der Waals surface area contributed by atoms with E-state index in [1.807, 2.05) is 26.0 Å². The Balaban J connectivity index is 0.000000834. The van der Waals surface area contributed by atoms with E-state index < -0.39 is 0 Å². The Bertz CT molecular complexity index is 1470. The third-order valence-corrected chi connectivity index (χ3v) is 8.94. The van der Waals surface area contributed by atoms with Gasteiger partial charge in [-0.3, -0.25) is 4.79 Å². The summed E-state index contributed by atoms with van der Waals surface area (Å²) in [5.41, 5.74) is 5.05. The Hall–Kier alpha value is -3.80. The fraction of sp³-hybridized carbons (Fsp3) is 0.457. The maximum Gasteiger partial charge on any atom is 0.264 e. The summed E-state index contributed by atoms with van der Waals surface area (Å²) in [7, 11) is 2.18. The molecule has 3 aromatic carbocycles. The fourth-order valence-corrected chi connectivity index (χ4v) is 6.68. The van der Waals surface area contributed by atoms with Crippen LogP contribution in [0.5, 0.6) is 5.75 Å². The first kappa shape index (κ1) is 33.1. The molecule has 1 atom stereocenters. The Morgan fingerprint density at radius 1 is 1.05 bits per heavy atom. The molecule has 3 aliphatic rings. The zero-order valence-corrected chi connectivity index (χ0v) is 27.2. The van der Waals surface area contributed by atoms with Gasteiger partial charge in [-0.15, -0.1) is 0 Å². The van der Waals surface area contributed by atoms with E-state index in [0.29, 0.717) is 25.7 Å². The van der Waals surface area contributed by atoms with Crippen LogP contribution in [0, 0.1) is 16.7 Å². The van der Waals surface area contributed by atoms with Crippen LogP contribution in [0.3, 0.4) is 0 Å². The van der Waals surface area contributed by atoms with Crippen LogP contribution < -0.4 is 14.5 Å². The van der Waals surface area contributed by atoms with Crippen molar-refractivity contribution in [1.29, 1.82) is 10.7 Å². The Labute approximate surface area is 267 Å². The lowest BCUT2D eigenvalue weighted by Gasteiger charge is -2.39. The maximum atomic E-state index is 12.0. The van der Waals surface area contributed by atoms with Crippen molar-refractivity contribution in [1.82, 2.24) is 9.80 Å². The Kier molecular flexibility index (Phi) is 11.9. The summed E-state index contributed by atoms with van der Waals surface area (Å²) in [5.74, 6) is 0.707. The highest BCUT2D eigenvalue weighted by molar-refractivity contribution is 6.36. The number of amides is 1. The smallest absolute Gasteiger partial charge is 0.264 e. The molecule has 6 rings (SSSR count). The van der Waals surface area contributed by atoms with Crippen molar-refractivity contribution < 1.29 is 9.53 Å². The average molecular weight is 617 g/mol. The third-order valence-electron chi connectivity index (χ3n) is 8.63. The number of nitrogens with zero attached hydrogens (tertiary/aromatic N) is 5. The molecule has 3 aromatic rings. The number of rotatable bonds is 6. The lowest BCUT2D eigenvalue weighted by Crippen LogP contribution is -2.49. The number of nitrogens with one attached hydrogen (secondary N) is 1. The molecule has 0 aromatic heterocycles. The predicted octanol–water partition coefficient (Wildman–Crippen LogP) is 6.38. The van der Waals surface area contributed by atoms with E-state index in [0.717, 1.165) is 66.9 Å². The quantitative estimate of drug-likeness (QED) is 0.323. The van der Waals surface area contributed by atoms with Crippen molar-refractivity contribution in [2.75, 3.05) is 62.7 Å². The topological polar surface area (TPSA) is 86.9 Å². The highest BCUT2D eigenvalue weighted by atomic mass is 35.5. The molecule has 44 heavy (non-hydrogen) atoms. The molecule has 1 amide bonds. The van der Waals surface area contributed by atoms with Crippen molar-refractivity contribution in [2.45, 2.75) is 52.6 Å². The summed E-state index contributed by atoms with van der Waals surface area (Å²) in [4.78, 5) is 21.0. The molecule has 0 saturated carbocycles. The van der Waals surface area contributed by atoms with E-state index >= 15 is 0 Å².